The van der Waals surface area contributed by atoms with E-state index in [1.807, 2.05) is 18.4 Å². The molecular formula is C18H15N3O3S2. The van der Waals surface area contributed by atoms with Gasteiger partial charge in [-0.3, -0.25) is 4.72 Å². The number of nitrogens with one attached hydrogen (secondary N) is 1. The Bertz CT molecular complexity index is 1080. The lowest BCUT2D eigenvalue weighted by Gasteiger charge is -2.13. The summed E-state index contributed by atoms with van der Waals surface area (Å²) in [5.41, 5.74) is 2.22. The van der Waals surface area contributed by atoms with Crippen LogP contribution in [-0.4, -0.2) is 20.5 Å². The maximum atomic E-state index is 12.9. The molecule has 0 aliphatic rings. The molecule has 6 nitrogen and oxygen atoms in total. The highest BCUT2D eigenvalue weighted by molar-refractivity contribution is 7.92. The molecule has 26 heavy (non-hydrogen) atoms. The molecule has 0 aliphatic carbocycles. The Balaban J connectivity index is 2.00. The van der Waals surface area contributed by atoms with Gasteiger partial charge in [-0.1, -0.05) is 0 Å². The molecule has 0 bridgehead atoms. The van der Waals surface area contributed by atoms with Crippen molar-refractivity contribution in [2.75, 3.05) is 11.8 Å². The SMILES string of the molecule is COc1ccc(-c2csc(C)n2)cc1S(=O)(=O)Nc1ccc(C#N)cc1. The van der Waals surface area contributed by atoms with Crippen LogP contribution in [0.5, 0.6) is 5.75 Å². The van der Waals surface area contributed by atoms with Crippen molar-refractivity contribution >= 4 is 27.0 Å². The first kappa shape index (κ1) is 17.9. The number of rotatable bonds is 5. The molecule has 0 atom stereocenters. The molecule has 0 radical (unpaired) electrons. The minimum Gasteiger partial charge on any atom is -0.495 e. The normalized spacial score (nSPS) is 11.0. The molecule has 0 fully saturated rings. The number of benzene rings is 2. The molecule has 2 aromatic carbocycles. The summed E-state index contributed by atoms with van der Waals surface area (Å²) in [5, 5.41) is 11.6. The molecule has 0 aliphatic heterocycles. The van der Waals surface area contributed by atoms with Gasteiger partial charge in [-0.15, -0.1) is 11.3 Å². The zero-order valence-corrected chi connectivity index (χ0v) is 15.7. The van der Waals surface area contributed by atoms with E-state index < -0.39 is 10.0 Å². The summed E-state index contributed by atoms with van der Waals surface area (Å²) in [6, 6.07) is 13.1. The van der Waals surface area contributed by atoms with Crippen molar-refractivity contribution in [3.05, 3.63) is 58.4 Å². The monoisotopic (exact) mass is 385 g/mol. The average Bonchev–Trinajstić information content (AvgIpc) is 3.08. The van der Waals surface area contributed by atoms with E-state index in [0.29, 0.717) is 22.5 Å². The predicted octanol–water partition coefficient (Wildman–Crippen LogP) is 3.80. The lowest BCUT2D eigenvalue weighted by molar-refractivity contribution is 0.403. The van der Waals surface area contributed by atoms with E-state index in [0.717, 1.165) is 5.01 Å². The number of anilines is 1. The van der Waals surface area contributed by atoms with Crippen LogP contribution in [0.2, 0.25) is 0 Å². The summed E-state index contributed by atoms with van der Waals surface area (Å²) in [4.78, 5) is 4.42. The maximum absolute atomic E-state index is 12.9. The van der Waals surface area contributed by atoms with Crippen molar-refractivity contribution in [3.63, 3.8) is 0 Å². The molecule has 0 saturated heterocycles. The van der Waals surface area contributed by atoms with Crippen LogP contribution in [0.4, 0.5) is 5.69 Å². The second-order valence-electron chi connectivity index (χ2n) is 5.41. The molecule has 1 heterocycles. The van der Waals surface area contributed by atoms with Gasteiger partial charge in [0.2, 0.25) is 0 Å². The third kappa shape index (κ3) is 3.69. The van der Waals surface area contributed by atoms with Crippen LogP contribution >= 0.6 is 11.3 Å². The van der Waals surface area contributed by atoms with Gasteiger partial charge in [-0.05, 0) is 49.4 Å². The molecule has 0 unspecified atom stereocenters. The molecule has 1 aromatic heterocycles. The lowest BCUT2D eigenvalue weighted by Crippen LogP contribution is -2.14. The number of hydrogen-bond donors (Lipinski definition) is 1. The first-order chi connectivity index (χ1) is 12.4. The number of hydrogen-bond acceptors (Lipinski definition) is 6. The van der Waals surface area contributed by atoms with Crippen LogP contribution in [0.1, 0.15) is 10.6 Å². The van der Waals surface area contributed by atoms with Gasteiger partial charge >= 0.3 is 0 Å². The number of ether oxygens (including phenoxy) is 1. The largest absolute Gasteiger partial charge is 0.495 e. The molecule has 8 heteroatoms. The van der Waals surface area contributed by atoms with Gasteiger partial charge in [-0.25, -0.2) is 13.4 Å². The summed E-state index contributed by atoms with van der Waals surface area (Å²) < 4.78 is 33.4. The van der Waals surface area contributed by atoms with Crippen LogP contribution in [0.3, 0.4) is 0 Å². The predicted molar refractivity (Wildman–Crippen MR) is 101 cm³/mol. The van der Waals surface area contributed by atoms with E-state index in [1.165, 1.54) is 30.6 Å². The van der Waals surface area contributed by atoms with Crippen molar-refractivity contribution in [2.45, 2.75) is 11.8 Å². The quantitative estimate of drug-likeness (QED) is 0.721. The standard InChI is InChI=1S/C18H15N3O3S2/c1-12-20-16(11-25-12)14-5-8-17(24-2)18(9-14)26(22,23)21-15-6-3-13(10-19)4-7-15/h3-9,11,21H,1-2H3. The highest BCUT2D eigenvalue weighted by Crippen LogP contribution is 2.31. The topological polar surface area (TPSA) is 92.1 Å². The lowest BCUT2D eigenvalue weighted by atomic mass is 10.2. The number of thiazole rings is 1. The first-order valence-corrected chi connectivity index (χ1v) is 9.93. The Morgan fingerprint density at radius 3 is 2.50 bits per heavy atom. The zero-order chi connectivity index (χ0) is 18.7. The Morgan fingerprint density at radius 2 is 1.92 bits per heavy atom. The van der Waals surface area contributed by atoms with Crippen molar-refractivity contribution in [1.29, 1.82) is 5.26 Å². The highest BCUT2D eigenvalue weighted by Gasteiger charge is 2.21. The fourth-order valence-electron chi connectivity index (χ4n) is 2.36. The molecule has 0 saturated carbocycles. The van der Waals surface area contributed by atoms with Crippen LogP contribution in [0, 0.1) is 18.3 Å². The minimum atomic E-state index is -3.88. The number of methoxy groups -OCH3 is 1. The molecular weight excluding hydrogens is 370 g/mol. The second kappa shape index (κ2) is 7.15. The van der Waals surface area contributed by atoms with E-state index in [1.54, 1.807) is 30.3 Å². The van der Waals surface area contributed by atoms with Crippen molar-refractivity contribution in [2.24, 2.45) is 0 Å². The minimum absolute atomic E-state index is 0.0208. The molecule has 132 valence electrons. The van der Waals surface area contributed by atoms with Crippen LogP contribution in [0.25, 0.3) is 11.3 Å². The molecule has 3 rings (SSSR count). The highest BCUT2D eigenvalue weighted by atomic mass is 32.2. The van der Waals surface area contributed by atoms with E-state index in [4.69, 9.17) is 10.00 Å². The smallest absolute Gasteiger partial charge is 0.265 e. The Kier molecular flexibility index (Phi) is 4.93. The summed E-state index contributed by atoms with van der Waals surface area (Å²) >= 11 is 1.49. The van der Waals surface area contributed by atoms with E-state index in [9.17, 15) is 8.42 Å². The van der Waals surface area contributed by atoms with Gasteiger partial charge in [0.25, 0.3) is 10.0 Å². The molecule has 0 amide bonds. The number of aromatic nitrogens is 1. The Labute approximate surface area is 155 Å². The molecule has 0 spiro atoms. The van der Waals surface area contributed by atoms with Gasteiger partial charge in [0.15, 0.2) is 0 Å². The van der Waals surface area contributed by atoms with Gasteiger partial charge in [0, 0.05) is 16.6 Å². The third-order valence-electron chi connectivity index (χ3n) is 3.63. The van der Waals surface area contributed by atoms with Crippen molar-refractivity contribution in [3.8, 4) is 23.1 Å². The zero-order valence-electron chi connectivity index (χ0n) is 14.1. The summed E-state index contributed by atoms with van der Waals surface area (Å²) in [6.45, 7) is 1.89. The number of sulfonamides is 1. The van der Waals surface area contributed by atoms with Crippen molar-refractivity contribution < 1.29 is 13.2 Å². The van der Waals surface area contributed by atoms with Gasteiger partial charge in [-0.2, -0.15) is 5.26 Å². The maximum Gasteiger partial charge on any atom is 0.265 e. The van der Waals surface area contributed by atoms with E-state index in [-0.39, 0.29) is 10.6 Å². The molecule has 1 N–H and O–H groups in total. The van der Waals surface area contributed by atoms with E-state index >= 15 is 0 Å². The van der Waals surface area contributed by atoms with Gasteiger partial charge in [0.05, 0.1) is 29.4 Å². The van der Waals surface area contributed by atoms with Crippen LogP contribution < -0.4 is 9.46 Å². The third-order valence-corrected chi connectivity index (χ3v) is 5.81. The Hall–Kier alpha value is -2.89. The summed E-state index contributed by atoms with van der Waals surface area (Å²) in [6.07, 6.45) is 0. The van der Waals surface area contributed by atoms with Crippen LogP contribution in [-0.2, 0) is 10.0 Å². The fraction of sp³-hybridized carbons (Fsp3) is 0.111. The first-order valence-electron chi connectivity index (χ1n) is 7.56. The Morgan fingerprint density at radius 1 is 1.19 bits per heavy atom. The second-order valence-corrected chi connectivity index (χ2v) is 8.13. The summed E-state index contributed by atoms with van der Waals surface area (Å²) in [5.74, 6) is 0.238. The van der Waals surface area contributed by atoms with E-state index in [2.05, 4.69) is 9.71 Å². The number of aryl methyl sites for hydroxylation is 1. The van der Waals surface area contributed by atoms with Gasteiger partial charge in [0.1, 0.15) is 10.6 Å². The number of nitriles is 1. The summed E-state index contributed by atoms with van der Waals surface area (Å²) in [7, 11) is -2.46. The molecule has 3 aromatic rings. The van der Waals surface area contributed by atoms with Crippen LogP contribution in [0.15, 0.2) is 52.7 Å². The van der Waals surface area contributed by atoms with Crippen molar-refractivity contribution in [1.82, 2.24) is 4.98 Å². The van der Waals surface area contributed by atoms with Gasteiger partial charge < -0.3 is 4.74 Å². The average molecular weight is 385 g/mol. The fourth-order valence-corrected chi connectivity index (χ4v) is 4.24. The number of nitrogens with zero attached hydrogens (tertiary/aromatic N) is 2.